The Morgan fingerprint density at radius 3 is 2.55 bits per heavy atom. The van der Waals surface area contributed by atoms with Crippen LogP contribution in [0.1, 0.15) is 0 Å². The number of halogens is 2. The van der Waals surface area contributed by atoms with Gasteiger partial charge in [0.25, 0.3) is 0 Å². The minimum atomic E-state index is -0.668. The number of benzene rings is 1. The van der Waals surface area contributed by atoms with Crippen LogP contribution in [0.15, 0.2) is 24.4 Å². The molecule has 8 heteroatoms. The molecule has 0 unspecified atom stereocenters. The summed E-state index contributed by atoms with van der Waals surface area (Å²) in [6.07, 6.45) is 1.53. The van der Waals surface area contributed by atoms with Gasteiger partial charge in [-0.2, -0.15) is 15.1 Å². The standard InChI is InChI=1S/C12H10F2N6/c1-15-12-18-10(9-5-16-20-11(9)19-12)17-8-3-6(13)2-7(14)4-8/h2-5H,1H3,(H3,15,16,17,18,19,20). The topological polar surface area (TPSA) is 78.5 Å². The first kappa shape index (κ1) is 12.3. The number of nitrogens with zero attached hydrogens (tertiary/aromatic N) is 3. The van der Waals surface area contributed by atoms with Crippen LogP contribution in [-0.2, 0) is 0 Å². The zero-order chi connectivity index (χ0) is 14.1. The van der Waals surface area contributed by atoms with Crippen molar-refractivity contribution >= 4 is 28.5 Å². The third-order valence-electron chi connectivity index (χ3n) is 2.66. The van der Waals surface area contributed by atoms with Gasteiger partial charge in [0, 0.05) is 18.8 Å². The van der Waals surface area contributed by atoms with Crippen molar-refractivity contribution in [2.75, 3.05) is 17.7 Å². The molecule has 3 rings (SSSR count). The van der Waals surface area contributed by atoms with Gasteiger partial charge in [0.1, 0.15) is 17.5 Å². The van der Waals surface area contributed by atoms with E-state index in [1.54, 1.807) is 7.05 Å². The van der Waals surface area contributed by atoms with Gasteiger partial charge in [-0.05, 0) is 12.1 Å². The van der Waals surface area contributed by atoms with Crippen LogP contribution < -0.4 is 10.6 Å². The molecule has 0 atom stereocenters. The Kier molecular flexibility index (Phi) is 2.90. The molecule has 0 aliphatic rings. The molecule has 0 fully saturated rings. The average Bonchev–Trinajstić information content (AvgIpc) is 2.85. The van der Waals surface area contributed by atoms with Crippen LogP contribution in [0.2, 0.25) is 0 Å². The van der Waals surface area contributed by atoms with Crippen molar-refractivity contribution in [2.24, 2.45) is 0 Å². The molecule has 0 amide bonds. The molecule has 0 aliphatic carbocycles. The highest BCUT2D eigenvalue weighted by Crippen LogP contribution is 2.24. The van der Waals surface area contributed by atoms with Gasteiger partial charge in [0.05, 0.1) is 11.6 Å². The molecule has 20 heavy (non-hydrogen) atoms. The number of anilines is 3. The third-order valence-corrected chi connectivity index (χ3v) is 2.66. The average molecular weight is 276 g/mol. The fraction of sp³-hybridized carbons (Fsp3) is 0.0833. The first-order chi connectivity index (χ1) is 9.65. The summed E-state index contributed by atoms with van der Waals surface area (Å²) in [4.78, 5) is 8.37. The zero-order valence-corrected chi connectivity index (χ0v) is 10.4. The van der Waals surface area contributed by atoms with Crippen molar-refractivity contribution in [1.82, 2.24) is 20.2 Å². The number of rotatable bonds is 3. The molecule has 0 bridgehead atoms. The third kappa shape index (κ3) is 2.22. The normalized spacial score (nSPS) is 10.8. The molecule has 0 radical (unpaired) electrons. The van der Waals surface area contributed by atoms with Crippen LogP contribution in [0.4, 0.5) is 26.2 Å². The van der Waals surface area contributed by atoms with Crippen LogP contribution in [0.5, 0.6) is 0 Å². The monoisotopic (exact) mass is 276 g/mol. The number of aromatic nitrogens is 4. The van der Waals surface area contributed by atoms with Crippen LogP contribution in [-0.4, -0.2) is 27.2 Å². The largest absolute Gasteiger partial charge is 0.357 e. The second-order valence-corrected chi connectivity index (χ2v) is 4.06. The molecule has 1 aromatic carbocycles. The molecule has 2 aromatic heterocycles. The van der Waals surface area contributed by atoms with E-state index >= 15 is 0 Å². The van der Waals surface area contributed by atoms with Crippen LogP contribution in [0.25, 0.3) is 11.0 Å². The fourth-order valence-electron chi connectivity index (χ4n) is 1.80. The highest BCUT2D eigenvalue weighted by Gasteiger charge is 2.10. The van der Waals surface area contributed by atoms with Crippen molar-refractivity contribution in [3.8, 4) is 0 Å². The summed E-state index contributed by atoms with van der Waals surface area (Å²) < 4.78 is 26.4. The summed E-state index contributed by atoms with van der Waals surface area (Å²) in [5.41, 5.74) is 0.773. The number of fused-ring (bicyclic) bond motifs is 1. The van der Waals surface area contributed by atoms with Gasteiger partial charge in [0.2, 0.25) is 5.95 Å². The van der Waals surface area contributed by atoms with Gasteiger partial charge in [-0.3, -0.25) is 5.10 Å². The lowest BCUT2D eigenvalue weighted by atomic mass is 10.3. The van der Waals surface area contributed by atoms with E-state index in [4.69, 9.17) is 0 Å². The van der Waals surface area contributed by atoms with Crippen LogP contribution in [0.3, 0.4) is 0 Å². The maximum Gasteiger partial charge on any atom is 0.226 e. The molecule has 2 heterocycles. The van der Waals surface area contributed by atoms with E-state index in [1.807, 2.05) is 0 Å². The summed E-state index contributed by atoms with van der Waals surface area (Å²) in [6, 6.07) is 3.16. The number of nitrogens with one attached hydrogen (secondary N) is 3. The predicted octanol–water partition coefficient (Wildman–Crippen LogP) is 2.42. The lowest BCUT2D eigenvalue weighted by molar-refractivity contribution is 0.584. The quantitative estimate of drug-likeness (QED) is 0.684. The fourth-order valence-corrected chi connectivity index (χ4v) is 1.80. The minimum Gasteiger partial charge on any atom is -0.357 e. The smallest absolute Gasteiger partial charge is 0.226 e. The molecule has 0 aliphatic heterocycles. The second kappa shape index (κ2) is 4.72. The van der Waals surface area contributed by atoms with E-state index in [9.17, 15) is 8.78 Å². The molecule has 0 saturated heterocycles. The molecule has 3 N–H and O–H groups in total. The maximum atomic E-state index is 13.2. The van der Waals surface area contributed by atoms with Gasteiger partial charge in [-0.25, -0.2) is 8.78 Å². The number of hydrogen-bond acceptors (Lipinski definition) is 5. The van der Waals surface area contributed by atoms with Gasteiger partial charge >= 0.3 is 0 Å². The zero-order valence-electron chi connectivity index (χ0n) is 10.4. The molecule has 6 nitrogen and oxygen atoms in total. The summed E-state index contributed by atoms with van der Waals surface area (Å²) in [5, 5.41) is 12.9. The Balaban J connectivity index is 2.07. The Labute approximate surface area is 112 Å². The Morgan fingerprint density at radius 2 is 1.85 bits per heavy atom. The van der Waals surface area contributed by atoms with Gasteiger partial charge in [0.15, 0.2) is 5.65 Å². The highest BCUT2D eigenvalue weighted by molar-refractivity contribution is 5.88. The van der Waals surface area contributed by atoms with Gasteiger partial charge in [-0.1, -0.05) is 0 Å². The van der Waals surface area contributed by atoms with Crippen molar-refractivity contribution in [3.05, 3.63) is 36.0 Å². The van der Waals surface area contributed by atoms with Gasteiger partial charge < -0.3 is 10.6 Å². The highest BCUT2D eigenvalue weighted by atomic mass is 19.1. The van der Waals surface area contributed by atoms with E-state index in [2.05, 4.69) is 30.8 Å². The summed E-state index contributed by atoms with van der Waals surface area (Å²) in [5.74, 6) is -0.572. The van der Waals surface area contributed by atoms with E-state index in [0.29, 0.717) is 22.8 Å². The number of hydrogen-bond donors (Lipinski definition) is 3. The van der Waals surface area contributed by atoms with E-state index in [0.717, 1.165) is 6.07 Å². The first-order valence-electron chi connectivity index (χ1n) is 5.77. The summed E-state index contributed by atoms with van der Waals surface area (Å²) in [6.45, 7) is 0. The molecule has 0 saturated carbocycles. The van der Waals surface area contributed by atoms with Crippen LogP contribution in [0, 0.1) is 11.6 Å². The molecular weight excluding hydrogens is 266 g/mol. The molecule has 3 aromatic rings. The number of aromatic amines is 1. The van der Waals surface area contributed by atoms with Crippen molar-refractivity contribution in [2.45, 2.75) is 0 Å². The van der Waals surface area contributed by atoms with E-state index < -0.39 is 11.6 Å². The lowest BCUT2D eigenvalue weighted by Crippen LogP contribution is -2.01. The van der Waals surface area contributed by atoms with Crippen molar-refractivity contribution in [1.29, 1.82) is 0 Å². The maximum absolute atomic E-state index is 13.2. The van der Waals surface area contributed by atoms with E-state index in [-0.39, 0.29) is 5.69 Å². The summed E-state index contributed by atoms with van der Waals surface area (Å²) >= 11 is 0. The number of H-pyrrole nitrogens is 1. The molecule has 0 spiro atoms. The Morgan fingerprint density at radius 1 is 1.10 bits per heavy atom. The minimum absolute atomic E-state index is 0.255. The van der Waals surface area contributed by atoms with Crippen molar-refractivity contribution in [3.63, 3.8) is 0 Å². The first-order valence-corrected chi connectivity index (χ1v) is 5.77. The van der Waals surface area contributed by atoms with E-state index in [1.165, 1.54) is 18.3 Å². The summed E-state index contributed by atoms with van der Waals surface area (Å²) in [7, 11) is 1.67. The van der Waals surface area contributed by atoms with Gasteiger partial charge in [-0.15, -0.1) is 0 Å². The Hall–Kier alpha value is -2.77. The second-order valence-electron chi connectivity index (χ2n) is 4.06. The lowest BCUT2D eigenvalue weighted by Gasteiger charge is -2.08. The molecular formula is C12H10F2N6. The Bertz CT molecular complexity index is 749. The van der Waals surface area contributed by atoms with Crippen molar-refractivity contribution < 1.29 is 8.78 Å². The van der Waals surface area contributed by atoms with Crippen LogP contribution >= 0.6 is 0 Å². The SMILES string of the molecule is CNc1nc(Nc2cc(F)cc(F)c2)c2cn[nH]c2n1. The predicted molar refractivity (Wildman–Crippen MR) is 70.9 cm³/mol. The molecule has 102 valence electrons.